The van der Waals surface area contributed by atoms with Gasteiger partial charge in [0.2, 0.25) is 0 Å². The molecule has 0 aliphatic carbocycles. The van der Waals surface area contributed by atoms with Crippen LogP contribution in [0.5, 0.6) is 11.5 Å². The minimum atomic E-state index is -4.54. The van der Waals surface area contributed by atoms with E-state index in [1.165, 1.54) is 18.2 Å². The molecule has 29 heavy (non-hydrogen) atoms. The summed E-state index contributed by atoms with van der Waals surface area (Å²) < 4.78 is 50.0. The lowest BCUT2D eigenvalue weighted by atomic mass is 10.1. The predicted molar refractivity (Wildman–Crippen MR) is 98.3 cm³/mol. The van der Waals surface area contributed by atoms with Gasteiger partial charge in [-0.3, -0.25) is 4.79 Å². The Kier molecular flexibility index (Phi) is 6.27. The van der Waals surface area contributed by atoms with E-state index in [0.29, 0.717) is 37.2 Å². The maximum atomic E-state index is 13.0. The van der Waals surface area contributed by atoms with Crippen LogP contribution in [0.15, 0.2) is 48.5 Å². The lowest BCUT2D eigenvalue weighted by Gasteiger charge is -2.32. The molecule has 0 unspecified atom stereocenters. The molecule has 1 saturated heterocycles. The Morgan fingerprint density at radius 1 is 1.14 bits per heavy atom. The topological polar surface area (TPSA) is 62.6 Å². The van der Waals surface area contributed by atoms with Gasteiger partial charge in [-0.15, -0.1) is 0 Å². The highest BCUT2D eigenvalue weighted by atomic mass is 19.4. The Hall–Kier alpha value is -3.21. The first-order chi connectivity index (χ1) is 13.9. The minimum Gasteiger partial charge on any atom is -0.490 e. The molecule has 0 radical (unpaired) electrons. The minimum absolute atomic E-state index is 0.0973. The Labute approximate surface area is 166 Å². The number of para-hydroxylation sites is 1. The van der Waals surface area contributed by atoms with Crippen LogP contribution in [0.25, 0.3) is 0 Å². The number of hydrogen-bond acceptors (Lipinski definition) is 4. The van der Waals surface area contributed by atoms with Crippen LogP contribution in [-0.2, 0) is 11.0 Å². The zero-order chi connectivity index (χ0) is 20.9. The molecule has 0 atom stereocenters. The van der Waals surface area contributed by atoms with Gasteiger partial charge in [0.25, 0.3) is 5.91 Å². The quantitative estimate of drug-likeness (QED) is 0.755. The first kappa shape index (κ1) is 20.5. The largest absolute Gasteiger partial charge is 0.490 e. The summed E-state index contributed by atoms with van der Waals surface area (Å²) in [6, 6.07) is 13.7. The fourth-order valence-electron chi connectivity index (χ4n) is 3.11. The number of halogens is 3. The third kappa shape index (κ3) is 5.41. The van der Waals surface area contributed by atoms with E-state index in [1.54, 1.807) is 29.2 Å². The number of likely N-dealkylation sites (tertiary alicyclic amines) is 1. The Morgan fingerprint density at radius 2 is 1.86 bits per heavy atom. The SMILES string of the molecule is N#Cc1cccc(OC2CCN(C(=O)COc3ccccc3C(F)(F)F)CC2)c1. The third-order valence-electron chi connectivity index (χ3n) is 4.60. The average Bonchev–Trinajstić information content (AvgIpc) is 2.72. The number of rotatable bonds is 5. The molecular weight excluding hydrogens is 385 g/mol. The summed E-state index contributed by atoms with van der Waals surface area (Å²) >= 11 is 0. The number of carbonyl (C=O) groups excluding carboxylic acids is 1. The molecule has 152 valence electrons. The second-order valence-corrected chi connectivity index (χ2v) is 6.62. The number of piperidine rings is 1. The summed E-state index contributed by atoms with van der Waals surface area (Å²) in [5, 5.41) is 8.93. The van der Waals surface area contributed by atoms with Crippen molar-refractivity contribution in [1.29, 1.82) is 5.26 Å². The number of nitriles is 1. The van der Waals surface area contributed by atoms with E-state index in [-0.39, 0.29) is 17.8 Å². The van der Waals surface area contributed by atoms with Crippen LogP contribution in [0, 0.1) is 11.3 Å². The van der Waals surface area contributed by atoms with E-state index in [4.69, 9.17) is 14.7 Å². The van der Waals surface area contributed by atoms with Crippen LogP contribution in [0.1, 0.15) is 24.0 Å². The summed E-state index contributed by atoms with van der Waals surface area (Å²) in [5.41, 5.74) is -0.397. The summed E-state index contributed by atoms with van der Waals surface area (Å²) in [6.07, 6.45) is -3.47. The van der Waals surface area contributed by atoms with E-state index >= 15 is 0 Å². The first-order valence-electron chi connectivity index (χ1n) is 9.10. The van der Waals surface area contributed by atoms with E-state index in [1.807, 2.05) is 0 Å². The molecule has 1 fully saturated rings. The molecule has 5 nitrogen and oxygen atoms in total. The normalized spacial score (nSPS) is 14.9. The van der Waals surface area contributed by atoms with Crippen molar-refractivity contribution in [3.63, 3.8) is 0 Å². The van der Waals surface area contributed by atoms with E-state index in [0.717, 1.165) is 6.07 Å². The highest BCUT2D eigenvalue weighted by Crippen LogP contribution is 2.35. The summed E-state index contributed by atoms with van der Waals surface area (Å²) in [6.45, 7) is 0.389. The van der Waals surface area contributed by atoms with Gasteiger partial charge in [0.1, 0.15) is 17.6 Å². The van der Waals surface area contributed by atoms with Crippen LogP contribution in [0.2, 0.25) is 0 Å². The van der Waals surface area contributed by atoms with Gasteiger partial charge in [-0.25, -0.2) is 0 Å². The van der Waals surface area contributed by atoms with Crippen molar-refractivity contribution in [2.75, 3.05) is 19.7 Å². The highest BCUT2D eigenvalue weighted by Gasteiger charge is 2.34. The molecule has 1 heterocycles. The smallest absolute Gasteiger partial charge is 0.419 e. The molecule has 2 aromatic rings. The van der Waals surface area contributed by atoms with E-state index < -0.39 is 18.3 Å². The van der Waals surface area contributed by atoms with Crippen LogP contribution >= 0.6 is 0 Å². The van der Waals surface area contributed by atoms with Crippen LogP contribution in [0.4, 0.5) is 13.2 Å². The number of nitrogens with zero attached hydrogens (tertiary/aromatic N) is 2. The fraction of sp³-hybridized carbons (Fsp3) is 0.333. The Balaban J connectivity index is 1.50. The number of ether oxygens (including phenoxy) is 2. The second kappa shape index (κ2) is 8.86. The van der Waals surface area contributed by atoms with Crippen molar-refractivity contribution in [1.82, 2.24) is 4.90 Å². The van der Waals surface area contributed by atoms with Gasteiger partial charge in [-0.1, -0.05) is 18.2 Å². The monoisotopic (exact) mass is 404 g/mol. The number of amides is 1. The van der Waals surface area contributed by atoms with Crippen molar-refractivity contribution >= 4 is 5.91 Å². The van der Waals surface area contributed by atoms with Gasteiger partial charge < -0.3 is 14.4 Å². The van der Waals surface area contributed by atoms with Crippen LogP contribution < -0.4 is 9.47 Å². The standard InChI is InChI=1S/C21H19F3N2O3/c22-21(23,24)18-6-1-2-7-19(18)28-14-20(27)26-10-8-16(9-11-26)29-17-5-3-4-15(12-17)13-25/h1-7,12,16H,8-11,14H2. The molecule has 1 aliphatic rings. The Morgan fingerprint density at radius 3 is 2.55 bits per heavy atom. The zero-order valence-electron chi connectivity index (χ0n) is 15.5. The van der Waals surface area contributed by atoms with Gasteiger partial charge in [-0.2, -0.15) is 18.4 Å². The summed E-state index contributed by atoms with van der Waals surface area (Å²) in [5.74, 6) is -0.128. The maximum absolute atomic E-state index is 13.0. The molecule has 8 heteroatoms. The molecule has 0 aromatic heterocycles. The van der Waals surface area contributed by atoms with E-state index in [9.17, 15) is 18.0 Å². The molecule has 0 N–H and O–H groups in total. The average molecular weight is 404 g/mol. The van der Waals surface area contributed by atoms with Crippen molar-refractivity contribution < 1.29 is 27.4 Å². The van der Waals surface area contributed by atoms with Gasteiger partial charge in [0.15, 0.2) is 6.61 Å². The maximum Gasteiger partial charge on any atom is 0.419 e. The number of benzene rings is 2. The molecule has 0 saturated carbocycles. The predicted octanol–water partition coefficient (Wildman–Crippen LogP) is 4.03. The fourth-order valence-corrected chi connectivity index (χ4v) is 3.11. The zero-order valence-corrected chi connectivity index (χ0v) is 15.5. The van der Waals surface area contributed by atoms with Crippen molar-refractivity contribution in [2.24, 2.45) is 0 Å². The summed E-state index contributed by atoms with van der Waals surface area (Å²) in [4.78, 5) is 13.9. The lowest BCUT2D eigenvalue weighted by Crippen LogP contribution is -2.43. The number of hydrogen-bond donors (Lipinski definition) is 0. The van der Waals surface area contributed by atoms with Gasteiger partial charge >= 0.3 is 6.18 Å². The number of carbonyl (C=O) groups is 1. The van der Waals surface area contributed by atoms with Gasteiger partial charge in [-0.05, 0) is 30.3 Å². The molecule has 0 spiro atoms. The highest BCUT2D eigenvalue weighted by molar-refractivity contribution is 5.78. The lowest BCUT2D eigenvalue weighted by molar-refractivity contribution is -0.141. The molecule has 3 rings (SSSR count). The number of alkyl halides is 3. The van der Waals surface area contributed by atoms with Gasteiger partial charge in [0.05, 0.1) is 17.2 Å². The molecule has 2 aromatic carbocycles. The third-order valence-corrected chi connectivity index (χ3v) is 4.60. The molecule has 1 aliphatic heterocycles. The van der Waals surface area contributed by atoms with Crippen molar-refractivity contribution in [3.05, 3.63) is 59.7 Å². The van der Waals surface area contributed by atoms with Crippen LogP contribution in [-0.4, -0.2) is 36.6 Å². The molecular formula is C21H19F3N2O3. The van der Waals surface area contributed by atoms with Crippen molar-refractivity contribution in [3.8, 4) is 17.6 Å². The second-order valence-electron chi connectivity index (χ2n) is 6.62. The Bertz CT molecular complexity index is 901. The molecule has 1 amide bonds. The first-order valence-corrected chi connectivity index (χ1v) is 9.10. The van der Waals surface area contributed by atoms with Crippen molar-refractivity contribution in [2.45, 2.75) is 25.1 Å². The van der Waals surface area contributed by atoms with Crippen LogP contribution in [0.3, 0.4) is 0 Å². The van der Waals surface area contributed by atoms with Gasteiger partial charge in [0, 0.05) is 25.9 Å². The summed E-state index contributed by atoms with van der Waals surface area (Å²) in [7, 11) is 0. The van der Waals surface area contributed by atoms with E-state index in [2.05, 4.69) is 6.07 Å². The molecule has 0 bridgehead atoms.